The molecular formula is C71H122O6. The second-order valence-electron chi connectivity index (χ2n) is 21.6. The van der Waals surface area contributed by atoms with Gasteiger partial charge in [0.05, 0.1) is 0 Å². The van der Waals surface area contributed by atoms with E-state index >= 15 is 0 Å². The summed E-state index contributed by atoms with van der Waals surface area (Å²) in [6.45, 7) is 6.48. The van der Waals surface area contributed by atoms with Crippen LogP contribution in [0.25, 0.3) is 0 Å². The smallest absolute Gasteiger partial charge is 0.306 e. The molecule has 77 heavy (non-hydrogen) atoms. The Morgan fingerprint density at radius 2 is 0.506 bits per heavy atom. The van der Waals surface area contributed by atoms with Crippen LogP contribution in [0.3, 0.4) is 0 Å². The molecule has 0 aromatic carbocycles. The normalized spacial score (nSPS) is 12.7. The van der Waals surface area contributed by atoms with Crippen LogP contribution in [0, 0.1) is 0 Å². The fourth-order valence-corrected chi connectivity index (χ4v) is 9.14. The van der Waals surface area contributed by atoms with Crippen molar-refractivity contribution in [2.75, 3.05) is 13.2 Å². The molecule has 0 fully saturated rings. The van der Waals surface area contributed by atoms with Crippen molar-refractivity contribution in [2.24, 2.45) is 0 Å². The Balaban J connectivity index is 4.31. The highest BCUT2D eigenvalue weighted by Crippen LogP contribution is 2.16. The van der Waals surface area contributed by atoms with Crippen molar-refractivity contribution in [3.8, 4) is 0 Å². The molecule has 442 valence electrons. The first-order chi connectivity index (χ1) is 38.0. The fraction of sp³-hybridized carbons (Fsp3) is 0.732. The molecule has 0 saturated carbocycles. The van der Waals surface area contributed by atoms with Crippen LogP contribution in [-0.4, -0.2) is 37.2 Å². The SMILES string of the molecule is CC/C=C\C/C=C\C/C=C\CCCCCC(=O)OCC(COC(=O)CCCCCCCCCCCCCC/C=C\C/C=C\C/C=C\CCCCCCC)OC(=O)CCCCCCCCCCC/C=C\C/C=C\CCCCC. The number of esters is 3. The van der Waals surface area contributed by atoms with Crippen molar-refractivity contribution in [1.82, 2.24) is 0 Å². The summed E-state index contributed by atoms with van der Waals surface area (Å²) in [6.07, 6.45) is 87.1. The van der Waals surface area contributed by atoms with E-state index in [2.05, 4.69) is 118 Å². The van der Waals surface area contributed by atoms with E-state index in [0.29, 0.717) is 19.3 Å². The van der Waals surface area contributed by atoms with Crippen LogP contribution >= 0.6 is 0 Å². The highest BCUT2D eigenvalue weighted by atomic mass is 16.6. The third-order valence-corrected chi connectivity index (χ3v) is 14.0. The van der Waals surface area contributed by atoms with Gasteiger partial charge in [0, 0.05) is 19.3 Å². The predicted octanol–water partition coefficient (Wildman–Crippen LogP) is 22.4. The molecule has 0 aliphatic carbocycles. The van der Waals surface area contributed by atoms with Gasteiger partial charge in [-0.2, -0.15) is 0 Å². The molecule has 6 nitrogen and oxygen atoms in total. The highest BCUT2D eigenvalue weighted by Gasteiger charge is 2.19. The summed E-state index contributed by atoms with van der Waals surface area (Å²) in [6, 6.07) is 0. The number of rotatable bonds is 59. The van der Waals surface area contributed by atoms with Gasteiger partial charge in [-0.15, -0.1) is 0 Å². The minimum absolute atomic E-state index is 0.0890. The number of hydrogen-bond acceptors (Lipinski definition) is 6. The first kappa shape index (κ1) is 73.3. The highest BCUT2D eigenvalue weighted by molar-refractivity contribution is 5.71. The van der Waals surface area contributed by atoms with E-state index in [0.717, 1.165) is 103 Å². The molecule has 0 N–H and O–H groups in total. The predicted molar refractivity (Wildman–Crippen MR) is 334 cm³/mol. The lowest BCUT2D eigenvalue weighted by molar-refractivity contribution is -0.167. The number of hydrogen-bond donors (Lipinski definition) is 0. The molecule has 0 aliphatic rings. The average molecular weight is 1070 g/mol. The summed E-state index contributed by atoms with van der Waals surface area (Å²) < 4.78 is 16.9. The largest absolute Gasteiger partial charge is 0.462 e. The first-order valence-corrected chi connectivity index (χ1v) is 32.7. The van der Waals surface area contributed by atoms with Crippen molar-refractivity contribution < 1.29 is 28.6 Å². The third-order valence-electron chi connectivity index (χ3n) is 14.0. The zero-order valence-corrected chi connectivity index (χ0v) is 50.7. The Bertz CT molecular complexity index is 1510. The maximum atomic E-state index is 12.9. The summed E-state index contributed by atoms with van der Waals surface area (Å²) in [5.41, 5.74) is 0. The molecular weight excluding hydrogens is 949 g/mol. The molecule has 0 aromatic rings. The molecule has 6 heteroatoms. The standard InChI is InChI=1S/C71H122O6/c1-4-7-10-13-16-19-22-25-27-29-31-32-33-34-35-36-37-38-40-41-43-46-49-52-55-58-61-64-70(73)76-67-68(66-75-69(72)63-60-57-54-51-48-45-24-21-18-15-12-9-6-3)77-71(74)65-62-59-56-53-50-47-44-42-39-30-28-26-23-20-17-14-11-8-5-2/h9,12,17-18,20-22,25-26,28-29,31,33-34,45,48,68H,4-8,10-11,13-16,19,23-24,27,30,32,35-44,46-47,49-67H2,1-3H3/b12-9-,20-17-,21-18-,25-22-,28-26-,31-29-,34-33-,48-45-. The molecule has 1 atom stereocenters. The van der Waals surface area contributed by atoms with Gasteiger partial charge in [-0.05, 0) is 122 Å². The Morgan fingerprint density at radius 1 is 0.273 bits per heavy atom. The van der Waals surface area contributed by atoms with E-state index in [4.69, 9.17) is 14.2 Å². The Kier molecular flexibility index (Phi) is 61.8. The maximum Gasteiger partial charge on any atom is 0.306 e. The van der Waals surface area contributed by atoms with Crippen LogP contribution < -0.4 is 0 Å². The van der Waals surface area contributed by atoms with Crippen molar-refractivity contribution in [2.45, 2.75) is 322 Å². The molecule has 0 saturated heterocycles. The second-order valence-corrected chi connectivity index (χ2v) is 21.6. The zero-order valence-electron chi connectivity index (χ0n) is 50.7. The quantitative estimate of drug-likeness (QED) is 0.0261. The van der Waals surface area contributed by atoms with Crippen LogP contribution in [0.1, 0.15) is 316 Å². The number of ether oxygens (including phenoxy) is 3. The van der Waals surface area contributed by atoms with Gasteiger partial charge in [-0.3, -0.25) is 14.4 Å². The lowest BCUT2D eigenvalue weighted by Crippen LogP contribution is -2.30. The molecule has 0 aliphatic heterocycles. The van der Waals surface area contributed by atoms with Crippen LogP contribution in [0.15, 0.2) is 97.2 Å². The summed E-state index contributed by atoms with van der Waals surface area (Å²) in [5.74, 6) is -0.916. The van der Waals surface area contributed by atoms with Gasteiger partial charge in [0.1, 0.15) is 13.2 Å². The van der Waals surface area contributed by atoms with E-state index in [-0.39, 0.29) is 31.1 Å². The molecule has 0 amide bonds. The van der Waals surface area contributed by atoms with Gasteiger partial charge in [-0.25, -0.2) is 0 Å². The van der Waals surface area contributed by atoms with Gasteiger partial charge >= 0.3 is 17.9 Å². The second kappa shape index (κ2) is 64.9. The molecule has 0 aromatic heterocycles. The van der Waals surface area contributed by atoms with Gasteiger partial charge in [-0.1, -0.05) is 272 Å². The van der Waals surface area contributed by atoms with Crippen LogP contribution in [0.4, 0.5) is 0 Å². The van der Waals surface area contributed by atoms with E-state index in [9.17, 15) is 14.4 Å². The van der Waals surface area contributed by atoms with Crippen LogP contribution in [0.5, 0.6) is 0 Å². The van der Waals surface area contributed by atoms with E-state index < -0.39 is 6.10 Å². The van der Waals surface area contributed by atoms with E-state index in [1.165, 1.54) is 173 Å². The number of unbranched alkanes of at least 4 members (excludes halogenated alkanes) is 32. The number of carbonyl (C=O) groups excluding carboxylic acids is 3. The summed E-state index contributed by atoms with van der Waals surface area (Å²) in [5, 5.41) is 0. The van der Waals surface area contributed by atoms with Crippen LogP contribution in [-0.2, 0) is 28.6 Å². The van der Waals surface area contributed by atoms with Crippen molar-refractivity contribution in [3.63, 3.8) is 0 Å². The van der Waals surface area contributed by atoms with Crippen molar-refractivity contribution >= 4 is 17.9 Å². The van der Waals surface area contributed by atoms with Gasteiger partial charge in [0.2, 0.25) is 0 Å². The Labute approximate surface area is 477 Å². The average Bonchev–Trinajstić information content (AvgIpc) is 3.43. The number of carbonyl (C=O) groups is 3. The summed E-state index contributed by atoms with van der Waals surface area (Å²) >= 11 is 0. The minimum atomic E-state index is -0.794. The summed E-state index contributed by atoms with van der Waals surface area (Å²) in [7, 11) is 0. The molecule has 0 heterocycles. The van der Waals surface area contributed by atoms with Gasteiger partial charge in [0.25, 0.3) is 0 Å². The topological polar surface area (TPSA) is 78.9 Å². The fourth-order valence-electron chi connectivity index (χ4n) is 9.14. The van der Waals surface area contributed by atoms with Gasteiger partial charge < -0.3 is 14.2 Å². The molecule has 0 rings (SSSR count). The lowest BCUT2D eigenvalue weighted by Gasteiger charge is -2.18. The molecule has 0 radical (unpaired) electrons. The molecule has 0 spiro atoms. The molecule has 1 unspecified atom stereocenters. The molecule has 0 bridgehead atoms. The van der Waals surface area contributed by atoms with Crippen LogP contribution in [0.2, 0.25) is 0 Å². The minimum Gasteiger partial charge on any atom is -0.462 e. The van der Waals surface area contributed by atoms with Crippen molar-refractivity contribution in [3.05, 3.63) is 97.2 Å². The van der Waals surface area contributed by atoms with Crippen molar-refractivity contribution in [1.29, 1.82) is 0 Å². The Hall–Kier alpha value is -3.67. The third kappa shape index (κ3) is 63.0. The zero-order chi connectivity index (χ0) is 55.7. The Morgan fingerprint density at radius 3 is 0.831 bits per heavy atom. The summed E-state index contributed by atoms with van der Waals surface area (Å²) in [4.78, 5) is 38.3. The first-order valence-electron chi connectivity index (χ1n) is 32.7. The lowest BCUT2D eigenvalue weighted by atomic mass is 10.0. The van der Waals surface area contributed by atoms with E-state index in [1.54, 1.807) is 0 Å². The maximum absolute atomic E-state index is 12.9. The van der Waals surface area contributed by atoms with Gasteiger partial charge in [0.15, 0.2) is 6.10 Å². The van der Waals surface area contributed by atoms with E-state index in [1.807, 2.05) is 0 Å². The monoisotopic (exact) mass is 1070 g/mol. The number of allylic oxidation sites excluding steroid dienone is 16.